The van der Waals surface area contributed by atoms with Gasteiger partial charge in [-0.05, 0) is 50.1 Å². The zero-order chi connectivity index (χ0) is 25.1. The summed E-state index contributed by atoms with van der Waals surface area (Å²) in [5.74, 6) is 0.396. The van der Waals surface area contributed by atoms with Gasteiger partial charge in [0.1, 0.15) is 17.9 Å². The van der Waals surface area contributed by atoms with Crippen molar-refractivity contribution in [1.82, 2.24) is 5.32 Å². The number of ether oxygens (including phenoxy) is 1. The summed E-state index contributed by atoms with van der Waals surface area (Å²) in [6.07, 6.45) is 2.24. The lowest BCUT2D eigenvalue weighted by molar-refractivity contribution is -0.121. The van der Waals surface area contributed by atoms with E-state index in [2.05, 4.69) is 19.2 Å². The highest BCUT2D eigenvalue weighted by atomic mass is 32.2. The molecule has 1 aliphatic rings. The maximum Gasteiger partial charge on any atom is 0.264 e. The topological polar surface area (TPSA) is 75.7 Å². The van der Waals surface area contributed by atoms with Gasteiger partial charge in [0, 0.05) is 12.0 Å². The predicted octanol–water partition coefficient (Wildman–Crippen LogP) is 5.39. The van der Waals surface area contributed by atoms with E-state index < -0.39 is 10.0 Å². The molecule has 0 aliphatic carbocycles. The molecule has 0 saturated carbocycles. The number of nitrogens with one attached hydrogen (secondary N) is 1. The third-order valence-electron chi connectivity index (χ3n) is 6.76. The smallest absolute Gasteiger partial charge is 0.264 e. The summed E-state index contributed by atoms with van der Waals surface area (Å²) in [5, 5.41) is 3.11. The van der Waals surface area contributed by atoms with Crippen molar-refractivity contribution in [3.63, 3.8) is 0 Å². The minimum absolute atomic E-state index is 0.146. The van der Waals surface area contributed by atoms with Crippen molar-refractivity contribution in [2.24, 2.45) is 0 Å². The Morgan fingerprint density at radius 2 is 1.60 bits per heavy atom. The van der Waals surface area contributed by atoms with Gasteiger partial charge in [-0.25, -0.2) is 8.42 Å². The maximum atomic E-state index is 13.6. The monoisotopic (exact) mass is 492 g/mol. The van der Waals surface area contributed by atoms with Gasteiger partial charge in [0.2, 0.25) is 5.91 Å². The summed E-state index contributed by atoms with van der Waals surface area (Å²) in [4.78, 5) is 13.5. The Bertz CT molecular complexity index is 1270. The summed E-state index contributed by atoms with van der Waals surface area (Å²) in [6.45, 7) is 5.74. The third-order valence-corrected chi connectivity index (χ3v) is 8.55. The van der Waals surface area contributed by atoms with E-state index in [9.17, 15) is 13.2 Å². The van der Waals surface area contributed by atoms with E-state index >= 15 is 0 Å². The van der Waals surface area contributed by atoms with Gasteiger partial charge in [-0.2, -0.15) is 0 Å². The van der Waals surface area contributed by atoms with E-state index in [0.29, 0.717) is 12.1 Å². The highest BCUT2D eigenvalue weighted by Gasteiger charge is 2.39. The zero-order valence-electron chi connectivity index (χ0n) is 20.4. The Kier molecular flexibility index (Phi) is 7.17. The molecule has 0 saturated heterocycles. The van der Waals surface area contributed by atoms with Crippen LogP contribution in [0.4, 0.5) is 5.69 Å². The van der Waals surface area contributed by atoms with Gasteiger partial charge in [-0.15, -0.1) is 0 Å². The molecule has 0 aromatic heterocycles. The van der Waals surface area contributed by atoms with Crippen LogP contribution in [0.15, 0.2) is 83.8 Å². The van der Waals surface area contributed by atoms with E-state index in [0.717, 1.165) is 29.7 Å². The molecule has 1 heterocycles. The van der Waals surface area contributed by atoms with Crippen LogP contribution in [0.1, 0.15) is 50.3 Å². The lowest BCUT2D eigenvalue weighted by atomic mass is 9.83. The van der Waals surface area contributed by atoms with E-state index in [1.807, 2.05) is 37.3 Å². The lowest BCUT2D eigenvalue weighted by Gasteiger charge is -2.41. The number of hydrogen-bond donors (Lipinski definition) is 1. The van der Waals surface area contributed by atoms with Crippen LogP contribution in [0.25, 0.3) is 0 Å². The number of nitrogens with zero attached hydrogens (tertiary/aromatic N) is 1. The molecular formula is C28H32N2O4S. The van der Waals surface area contributed by atoms with Gasteiger partial charge in [-0.3, -0.25) is 9.10 Å². The molecule has 0 bridgehead atoms. The number of fused-ring (bicyclic) bond motifs is 1. The Labute approximate surface area is 208 Å². The minimum Gasteiger partial charge on any atom is -0.487 e. The first-order valence-electron chi connectivity index (χ1n) is 12.0. The lowest BCUT2D eigenvalue weighted by Crippen LogP contribution is -2.47. The van der Waals surface area contributed by atoms with Gasteiger partial charge in [0.05, 0.1) is 16.6 Å². The maximum absolute atomic E-state index is 13.6. The summed E-state index contributed by atoms with van der Waals surface area (Å²) in [6, 6.07) is 22.8. The quantitative estimate of drug-likeness (QED) is 0.458. The molecule has 7 heteroatoms. The van der Waals surface area contributed by atoms with Crippen molar-refractivity contribution in [1.29, 1.82) is 0 Å². The number of carbonyl (C=O) groups excluding carboxylic acids is 1. The molecule has 1 aliphatic heterocycles. The molecule has 0 spiro atoms. The first-order valence-corrected chi connectivity index (χ1v) is 13.4. The van der Waals surface area contributed by atoms with Crippen LogP contribution in [-0.4, -0.2) is 26.5 Å². The molecule has 1 N–H and O–H groups in total. The van der Waals surface area contributed by atoms with Crippen LogP contribution < -0.4 is 14.4 Å². The molecule has 0 fully saturated rings. The van der Waals surface area contributed by atoms with Crippen molar-refractivity contribution >= 4 is 21.6 Å². The number of hydrogen-bond acceptors (Lipinski definition) is 4. The summed E-state index contributed by atoms with van der Waals surface area (Å²) < 4.78 is 34.7. The molecule has 3 aromatic rings. The van der Waals surface area contributed by atoms with Gasteiger partial charge in [0.15, 0.2) is 0 Å². The Morgan fingerprint density at radius 3 is 2.26 bits per heavy atom. The number of para-hydroxylation sites is 2. The summed E-state index contributed by atoms with van der Waals surface area (Å²) >= 11 is 0. The number of anilines is 1. The molecule has 4 rings (SSSR count). The Morgan fingerprint density at radius 1 is 0.971 bits per heavy atom. The van der Waals surface area contributed by atoms with Crippen molar-refractivity contribution < 1.29 is 17.9 Å². The number of amides is 1. The number of sulfonamides is 1. The van der Waals surface area contributed by atoms with Gasteiger partial charge < -0.3 is 10.1 Å². The number of carbonyl (C=O) groups is 1. The highest BCUT2D eigenvalue weighted by molar-refractivity contribution is 7.92. The van der Waals surface area contributed by atoms with Crippen molar-refractivity contribution in [3.05, 3.63) is 90.0 Å². The van der Waals surface area contributed by atoms with E-state index in [1.54, 1.807) is 48.5 Å². The Balaban J connectivity index is 1.63. The fourth-order valence-electron chi connectivity index (χ4n) is 4.55. The standard InChI is InChI=1S/C28H32N2O4S/c1-4-28(5-2)19-25(24-13-9-10-14-26(24)34-28)29-27(31)20-30(22-11-7-6-8-12-22)35(32,33)23-17-15-21(3)16-18-23/h6-18,25H,4-5,19-20H2,1-3H3,(H,29,31)/t25-/m1/s1. The molecule has 1 atom stereocenters. The van der Waals surface area contributed by atoms with Crippen molar-refractivity contribution in [2.75, 3.05) is 10.8 Å². The van der Waals surface area contributed by atoms with Gasteiger partial charge >= 0.3 is 0 Å². The Hall–Kier alpha value is -3.32. The molecule has 3 aromatic carbocycles. The summed E-state index contributed by atoms with van der Waals surface area (Å²) in [7, 11) is -3.95. The molecule has 0 radical (unpaired) electrons. The molecule has 0 unspecified atom stereocenters. The number of aryl methyl sites for hydroxylation is 1. The molecule has 35 heavy (non-hydrogen) atoms. The molecule has 6 nitrogen and oxygen atoms in total. The average Bonchev–Trinajstić information content (AvgIpc) is 2.87. The molecular weight excluding hydrogens is 460 g/mol. The number of benzene rings is 3. The second-order valence-electron chi connectivity index (χ2n) is 9.01. The largest absolute Gasteiger partial charge is 0.487 e. The van der Waals surface area contributed by atoms with Crippen LogP contribution in [0, 0.1) is 6.92 Å². The second kappa shape index (κ2) is 10.1. The van der Waals surface area contributed by atoms with Crippen LogP contribution in [0.2, 0.25) is 0 Å². The number of rotatable bonds is 8. The zero-order valence-corrected chi connectivity index (χ0v) is 21.2. The summed E-state index contributed by atoms with van der Waals surface area (Å²) in [5.41, 5.74) is 1.93. The van der Waals surface area contributed by atoms with Crippen LogP contribution in [-0.2, 0) is 14.8 Å². The van der Waals surface area contributed by atoms with E-state index in [-0.39, 0.29) is 29.0 Å². The van der Waals surface area contributed by atoms with Crippen molar-refractivity contribution in [2.45, 2.75) is 56.6 Å². The SMILES string of the molecule is CCC1(CC)C[C@@H](NC(=O)CN(c2ccccc2)S(=O)(=O)c2ccc(C)cc2)c2ccccc2O1. The molecule has 184 valence electrons. The van der Waals surface area contributed by atoms with E-state index in [4.69, 9.17) is 4.74 Å². The first-order chi connectivity index (χ1) is 16.8. The third kappa shape index (κ3) is 5.20. The van der Waals surface area contributed by atoms with E-state index in [1.165, 1.54) is 4.31 Å². The predicted molar refractivity (Wildman–Crippen MR) is 138 cm³/mol. The first kappa shape index (κ1) is 24.8. The average molecular weight is 493 g/mol. The van der Waals surface area contributed by atoms with Crippen LogP contribution in [0.5, 0.6) is 5.75 Å². The van der Waals surface area contributed by atoms with Crippen LogP contribution in [0.3, 0.4) is 0 Å². The van der Waals surface area contributed by atoms with Crippen molar-refractivity contribution in [3.8, 4) is 5.75 Å². The molecule has 1 amide bonds. The van der Waals surface area contributed by atoms with Gasteiger partial charge in [-0.1, -0.05) is 67.9 Å². The normalized spacial score (nSPS) is 16.6. The fourth-order valence-corrected chi connectivity index (χ4v) is 5.97. The minimum atomic E-state index is -3.95. The fraction of sp³-hybridized carbons (Fsp3) is 0.321. The van der Waals surface area contributed by atoms with Gasteiger partial charge in [0.25, 0.3) is 10.0 Å². The second-order valence-corrected chi connectivity index (χ2v) is 10.9. The highest BCUT2D eigenvalue weighted by Crippen LogP contribution is 2.42. The van der Waals surface area contributed by atoms with Crippen LogP contribution >= 0.6 is 0 Å².